The zero-order valence-corrected chi connectivity index (χ0v) is 11.6. The fraction of sp³-hybridized carbons (Fsp3) is 0.571. The lowest BCUT2D eigenvalue weighted by atomic mass is 9.99. The number of hydrogen-bond acceptors (Lipinski definition) is 2. The van der Waals surface area contributed by atoms with E-state index in [9.17, 15) is 4.21 Å². The molecule has 1 aliphatic rings. The van der Waals surface area contributed by atoms with Crippen LogP contribution in [0.4, 0.5) is 0 Å². The maximum absolute atomic E-state index is 12.2. The summed E-state index contributed by atoms with van der Waals surface area (Å²) in [4.78, 5) is 1.03. The van der Waals surface area contributed by atoms with Gasteiger partial charge in [0, 0.05) is 16.2 Å². The average molecular weight is 251 g/mol. The van der Waals surface area contributed by atoms with Gasteiger partial charge in [0.15, 0.2) is 0 Å². The molecule has 17 heavy (non-hydrogen) atoms. The molecule has 1 heterocycles. The van der Waals surface area contributed by atoms with Crippen LogP contribution < -0.4 is 5.32 Å². The van der Waals surface area contributed by atoms with Crippen LogP contribution in [0.2, 0.25) is 0 Å². The molecule has 3 unspecified atom stereocenters. The Hall–Kier alpha value is -0.670. The van der Waals surface area contributed by atoms with Gasteiger partial charge >= 0.3 is 0 Å². The molecule has 94 valence electrons. The van der Waals surface area contributed by atoms with Crippen LogP contribution in [0.5, 0.6) is 0 Å². The third kappa shape index (κ3) is 2.61. The molecule has 3 heteroatoms. The van der Waals surface area contributed by atoms with Gasteiger partial charge in [0.05, 0.1) is 10.8 Å². The fourth-order valence-corrected chi connectivity index (χ4v) is 3.83. The van der Waals surface area contributed by atoms with E-state index in [0.29, 0.717) is 6.04 Å². The Morgan fingerprint density at radius 3 is 2.94 bits per heavy atom. The summed E-state index contributed by atoms with van der Waals surface area (Å²) in [5.74, 6) is 0. The van der Waals surface area contributed by atoms with Gasteiger partial charge in [-0.25, -0.2) is 0 Å². The zero-order valence-electron chi connectivity index (χ0n) is 10.8. The Kier molecular flexibility index (Phi) is 4.00. The van der Waals surface area contributed by atoms with Gasteiger partial charge in [-0.3, -0.25) is 4.21 Å². The number of aryl methyl sites for hydroxylation is 1. The highest BCUT2D eigenvalue weighted by Gasteiger charge is 2.29. The molecular weight excluding hydrogens is 230 g/mol. The summed E-state index contributed by atoms with van der Waals surface area (Å²) in [6, 6.07) is 6.66. The summed E-state index contributed by atoms with van der Waals surface area (Å²) in [7, 11) is -0.834. The standard InChI is InChI=1S/C14H21NOS/c1-4-7-15-13-9-11(3)17(16)14-6-5-10(2)8-12(13)14/h5-6,8,11,13,15H,4,7,9H2,1-3H3. The van der Waals surface area contributed by atoms with E-state index in [-0.39, 0.29) is 5.25 Å². The molecule has 3 atom stereocenters. The number of fused-ring (bicyclic) bond motifs is 1. The summed E-state index contributed by atoms with van der Waals surface area (Å²) in [5, 5.41) is 3.82. The first kappa shape index (κ1) is 12.8. The normalized spacial score (nSPS) is 27.8. The van der Waals surface area contributed by atoms with Crippen molar-refractivity contribution in [2.45, 2.75) is 49.8 Å². The fourth-order valence-electron chi connectivity index (χ4n) is 2.40. The van der Waals surface area contributed by atoms with Crippen molar-refractivity contribution in [1.29, 1.82) is 0 Å². The molecule has 1 aromatic carbocycles. The third-order valence-electron chi connectivity index (χ3n) is 3.33. The molecule has 0 spiro atoms. The van der Waals surface area contributed by atoms with Crippen LogP contribution in [0.1, 0.15) is 43.9 Å². The predicted octanol–water partition coefficient (Wildman–Crippen LogP) is 2.94. The molecular formula is C14H21NOS. The molecule has 0 fully saturated rings. The Labute approximate surface area is 106 Å². The number of hydrogen-bond donors (Lipinski definition) is 1. The summed E-state index contributed by atoms with van der Waals surface area (Å²) in [6.07, 6.45) is 2.11. The minimum atomic E-state index is -0.834. The first-order valence-electron chi connectivity index (χ1n) is 6.38. The molecule has 1 N–H and O–H groups in total. The Balaban J connectivity index is 2.35. The van der Waals surface area contributed by atoms with Crippen molar-refractivity contribution < 1.29 is 4.21 Å². The van der Waals surface area contributed by atoms with Crippen molar-refractivity contribution in [3.05, 3.63) is 29.3 Å². The lowest BCUT2D eigenvalue weighted by molar-refractivity contribution is 0.477. The monoisotopic (exact) mass is 251 g/mol. The molecule has 1 aliphatic heterocycles. The van der Waals surface area contributed by atoms with Gasteiger partial charge in [-0.15, -0.1) is 0 Å². The number of nitrogens with one attached hydrogen (secondary N) is 1. The summed E-state index contributed by atoms with van der Waals surface area (Å²) < 4.78 is 12.2. The molecule has 0 saturated carbocycles. The maximum Gasteiger partial charge on any atom is 0.0562 e. The summed E-state index contributed by atoms with van der Waals surface area (Å²) >= 11 is 0. The van der Waals surface area contributed by atoms with Crippen LogP contribution in [0.25, 0.3) is 0 Å². The molecule has 1 aromatic rings. The van der Waals surface area contributed by atoms with Crippen molar-refractivity contribution in [3.8, 4) is 0 Å². The minimum absolute atomic E-state index is 0.250. The first-order valence-corrected chi connectivity index (χ1v) is 7.59. The minimum Gasteiger partial charge on any atom is -0.310 e. The summed E-state index contributed by atoms with van der Waals surface area (Å²) in [5.41, 5.74) is 2.49. The lowest BCUT2D eigenvalue weighted by Crippen LogP contribution is -2.32. The largest absolute Gasteiger partial charge is 0.310 e. The van der Waals surface area contributed by atoms with Crippen LogP contribution in [0, 0.1) is 6.92 Å². The molecule has 0 amide bonds. The van der Waals surface area contributed by atoms with E-state index in [1.807, 2.05) is 6.07 Å². The van der Waals surface area contributed by atoms with Gasteiger partial charge in [0.2, 0.25) is 0 Å². The van der Waals surface area contributed by atoms with E-state index in [0.717, 1.165) is 24.3 Å². The van der Waals surface area contributed by atoms with Crippen LogP contribution in [-0.2, 0) is 10.8 Å². The highest BCUT2D eigenvalue weighted by atomic mass is 32.2. The number of benzene rings is 1. The quantitative estimate of drug-likeness (QED) is 0.895. The zero-order chi connectivity index (χ0) is 12.4. The molecule has 0 saturated heterocycles. The van der Waals surface area contributed by atoms with Crippen LogP contribution in [0.3, 0.4) is 0 Å². The van der Waals surface area contributed by atoms with Gasteiger partial charge in [0.25, 0.3) is 0 Å². The van der Waals surface area contributed by atoms with E-state index >= 15 is 0 Å². The van der Waals surface area contributed by atoms with Crippen molar-refractivity contribution >= 4 is 10.8 Å². The molecule has 0 bridgehead atoms. The van der Waals surface area contributed by atoms with Crippen molar-refractivity contribution in [1.82, 2.24) is 5.32 Å². The third-order valence-corrected chi connectivity index (χ3v) is 5.06. The van der Waals surface area contributed by atoms with E-state index in [2.05, 4.69) is 38.2 Å². The van der Waals surface area contributed by atoms with Crippen molar-refractivity contribution in [2.24, 2.45) is 0 Å². The van der Waals surface area contributed by atoms with E-state index < -0.39 is 10.8 Å². The van der Waals surface area contributed by atoms with E-state index in [1.54, 1.807) is 0 Å². The van der Waals surface area contributed by atoms with Gasteiger partial charge in [-0.1, -0.05) is 31.5 Å². The van der Waals surface area contributed by atoms with Gasteiger partial charge in [-0.05, 0) is 37.9 Å². The average Bonchev–Trinajstić information content (AvgIpc) is 2.32. The second-order valence-corrected chi connectivity index (χ2v) is 6.73. The maximum atomic E-state index is 12.2. The van der Waals surface area contributed by atoms with E-state index in [1.165, 1.54) is 11.1 Å². The Bertz CT molecular complexity index is 430. The molecule has 2 rings (SSSR count). The Morgan fingerprint density at radius 1 is 1.47 bits per heavy atom. The predicted molar refractivity (Wildman–Crippen MR) is 72.7 cm³/mol. The summed E-state index contributed by atoms with van der Waals surface area (Å²) in [6.45, 7) is 7.38. The van der Waals surface area contributed by atoms with Crippen LogP contribution >= 0.6 is 0 Å². The SMILES string of the molecule is CCCNC1CC(C)S(=O)c2ccc(C)cc21. The lowest BCUT2D eigenvalue weighted by Gasteiger charge is -2.30. The van der Waals surface area contributed by atoms with Gasteiger partial charge in [-0.2, -0.15) is 0 Å². The highest BCUT2D eigenvalue weighted by Crippen LogP contribution is 2.34. The topological polar surface area (TPSA) is 29.1 Å². The smallest absolute Gasteiger partial charge is 0.0562 e. The second-order valence-electron chi connectivity index (χ2n) is 4.89. The highest BCUT2D eigenvalue weighted by molar-refractivity contribution is 7.85. The molecule has 0 radical (unpaired) electrons. The molecule has 2 nitrogen and oxygen atoms in total. The van der Waals surface area contributed by atoms with Gasteiger partial charge < -0.3 is 5.32 Å². The van der Waals surface area contributed by atoms with Crippen LogP contribution in [0.15, 0.2) is 23.1 Å². The first-order chi connectivity index (χ1) is 8.13. The van der Waals surface area contributed by atoms with Gasteiger partial charge in [0.1, 0.15) is 0 Å². The van der Waals surface area contributed by atoms with Crippen molar-refractivity contribution in [2.75, 3.05) is 6.54 Å². The van der Waals surface area contributed by atoms with E-state index in [4.69, 9.17) is 0 Å². The second kappa shape index (κ2) is 5.32. The molecule has 0 aromatic heterocycles. The Morgan fingerprint density at radius 2 is 2.24 bits per heavy atom. The van der Waals surface area contributed by atoms with Crippen LogP contribution in [-0.4, -0.2) is 16.0 Å². The molecule has 0 aliphatic carbocycles. The number of rotatable bonds is 3. The van der Waals surface area contributed by atoms with Crippen molar-refractivity contribution in [3.63, 3.8) is 0 Å².